The molecule has 1 aromatic carbocycles. The van der Waals surface area contributed by atoms with Crippen molar-refractivity contribution in [1.82, 2.24) is 10.2 Å². The number of nitrogens with zero attached hydrogens (tertiary/aromatic N) is 1. The molecule has 2 aromatic rings. The largest absolute Gasteiger partial charge is 0.497 e. The number of benzene rings is 1. The van der Waals surface area contributed by atoms with Crippen LogP contribution >= 0.6 is 0 Å². The van der Waals surface area contributed by atoms with Crippen LogP contribution in [-0.4, -0.2) is 23.9 Å². The molecule has 4 nitrogen and oxygen atoms in total. The number of anilines is 1. The summed E-state index contributed by atoms with van der Waals surface area (Å²) in [6.07, 6.45) is 0. The van der Waals surface area contributed by atoms with Crippen molar-refractivity contribution in [2.24, 2.45) is 5.92 Å². The van der Waals surface area contributed by atoms with E-state index >= 15 is 0 Å². The van der Waals surface area contributed by atoms with Gasteiger partial charge in [-0.15, -0.1) is 0 Å². The molecule has 0 aliphatic heterocycles. The first kappa shape index (κ1) is 12.5. The van der Waals surface area contributed by atoms with Crippen LogP contribution in [0, 0.1) is 5.92 Å². The molecule has 0 spiro atoms. The summed E-state index contributed by atoms with van der Waals surface area (Å²) in [4.78, 5) is 0. The average molecular weight is 245 g/mol. The van der Waals surface area contributed by atoms with Gasteiger partial charge in [-0.05, 0) is 35.7 Å². The van der Waals surface area contributed by atoms with Crippen molar-refractivity contribution in [3.63, 3.8) is 0 Å². The summed E-state index contributed by atoms with van der Waals surface area (Å²) in [5.74, 6) is 2.34. The standard InChI is InChI=1S/C14H19N3O/c1-10(2)9-15-14-8-13(16-17-14)11-4-6-12(18-3)7-5-11/h4-8,10H,9H2,1-3H3,(H2,15,16,17). The van der Waals surface area contributed by atoms with E-state index in [4.69, 9.17) is 4.74 Å². The summed E-state index contributed by atoms with van der Waals surface area (Å²) in [6.45, 7) is 5.26. The Balaban J connectivity index is 2.08. The molecule has 0 aliphatic rings. The second-order valence-electron chi connectivity index (χ2n) is 4.67. The van der Waals surface area contributed by atoms with Crippen LogP contribution in [0.25, 0.3) is 11.3 Å². The Kier molecular flexibility index (Phi) is 3.87. The lowest BCUT2D eigenvalue weighted by atomic mass is 10.1. The van der Waals surface area contributed by atoms with E-state index in [1.165, 1.54) is 0 Å². The van der Waals surface area contributed by atoms with E-state index in [0.29, 0.717) is 5.92 Å². The lowest BCUT2D eigenvalue weighted by Gasteiger charge is -2.04. The summed E-state index contributed by atoms with van der Waals surface area (Å²) in [6, 6.07) is 9.93. The second-order valence-corrected chi connectivity index (χ2v) is 4.67. The minimum absolute atomic E-state index is 0.603. The van der Waals surface area contributed by atoms with Gasteiger partial charge < -0.3 is 10.1 Å². The Morgan fingerprint density at radius 3 is 2.61 bits per heavy atom. The van der Waals surface area contributed by atoms with Crippen molar-refractivity contribution in [2.75, 3.05) is 19.0 Å². The van der Waals surface area contributed by atoms with Crippen LogP contribution < -0.4 is 10.1 Å². The van der Waals surface area contributed by atoms with Crippen molar-refractivity contribution < 1.29 is 4.74 Å². The van der Waals surface area contributed by atoms with E-state index < -0.39 is 0 Å². The van der Waals surface area contributed by atoms with Crippen LogP contribution in [-0.2, 0) is 0 Å². The Bertz CT molecular complexity index is 488. The van der Waals surface area contributed by atoms with Gasteiger partial charge in [0.25, 0.3) is 0 Å². The highest BCUT2D eigenvalue weighted by atomic mass is 16.5. The number of rotatable bonds is 5. The zero-order valence-electron chi connectivity index (χ0n) is 11.0. The Hall–Kier alpha value is -1.97. The molecule has 4 heteroatoms. The highest BCUT2D eigenvalue weighted by molar-refractivity contribution is 5.63. The number of hydrogen-bond acceptors (Lipinski definition) is 3. The minimum atomic E-state index is 0.603. The Morgan fingerprint density at radius 1 is 1.28 bits per heavy atom. The van der Waals surface area contributed by atoms with Crippen LogP contribution in [0.4, 0.5) is 5.82 Å². The van der Waals surface area contributed by atoms with Crippen molar-refractivity contribution in [1.29, 1.82) is 0 Å². The number of ether oxygens (including phenoxy) is 1. The summed E-state index contributed by atoms with van der Waals surface area (Å²) >= 11 is 0. The molecule has 0 aliphatic carbocycles. The van der Waals surface area contributed by atoms with Crippen LogP contribution in [0.2, 0.25) is 0 Å². The zero-order chi connectivity index (χ0) is 13.0. The van der Waals surface area contributed by atoms with E-state index in [1.807, 2.05) is 30.3 Å². The Morgan fingerprint density at radius 2 is 2.00 bits per heavy atom. The summed E-state index contributed by atoms with van der Waals surface area (Å²) in [7, 11) is 1.67. The molecular formula is C14H19N3O. The first-order valence-corrected chi connectivity index (χ1v) is 6.12. The van der Waals surface area contributed by atoms with Crippen molar-refractivity contribution in [3.8, 4) is 17.0 Å². The van der Waals surface area contributed by atoms with Crippen molar-refractivity contribution in [3.05, 3.63) is 30.3 Å². The topological polar surface area (TPSA) is 49.9 Å². The van der Waals surface area contributed by atoms with Gasteiger partial charge in [0.2, 0.25) is 0 Å². The van der Waals surface area contributed by atoms with Gasteiger partial charge in [0.05, 0.1) is 12.8 Å². The van der Waals surface area contributed by atoms with E-state index in [0.717, 1.165) is 29.4 Å². The first-order valence-electron chi connectivity index (χ1n) is 6.12. The van der Waals surface area contributed by atoms with E-state index in [9.17, 15) is 0 Å². The number of aromatic amines is 1. The van der Waals surface area contributed by atoms with Gasteiger partial charge in [-0.25, -0.2) is 0 Å². The molecule has 18 heavy (non-hydrogen) atoms. The molecule has 2 rings (SSSR count). The maximum absolute atomic E-state index is 5.14. The zero-order valence-corrected chi connectivity index (χ0v) is 11.0. The summed E-state index contributed by atoms with van der Waals surface area (Å²) in [5, 5.41) is 10.6. The monoisotopic (exact) mass is 245 g/mol. The number of aromatic nitrogens is 2. The lowest BCUT2D eigenvalue weighted by Crippen LogP contribution is -2.07. The highest BCUT2D eigenvalue weighted by Gasteiger charge is 2.04. The minimum Gasteiger partial charge on any atom is -0.497 e. The van der Waals surface area contributed by atoms with Gasteiger partial charge in [-0.2, -0.15) is 5.10 Å². The fourth-order valence-electron chi connectivity index (χ4n) is 1.64. The van der Waals surface area contributed by atoms with Crippen LogP contribution in [0.3, 0.4) is 0 Å². The van der Waals surface area contributed by atoms with E-state index in [-0.39, 0.29) is 0 Å². The fourth-order valence-corrected chi connectivity index (χ4v) is 1.64. The average Bonchev–Trinajstić information content (AvgIpc) is 2.85. The van der Waals surface area contributed by atoms with Crippen LogP contribution in [0.15, 0.2) is 30.3 Å². The summed E-state index contributed by atoms with van der Waals surface area (Å²) < 4.78 is 5.14. The van der Waals surface area contributed by atoms with Gasteiger partial charge in [-0.3, -0.25) is 5.10 Å². The third-order valence-electron chi connectivity index (χ3n) is 2.67. The van der Waals surface area contributed by atoms with E-state index in [2.05, 4.69) is 29.4 Å². The molecule has 1 heterocycles. The maximum atomic E-state index is 5.14. The quantitative estimate of drug-likeness (QED) is 0.850. The summed E-state index contributed by atoms with van der Waals surface area (Å²) in [5.41, 5.74) is 2.10. The maximum Gasteiger partial charge on any atom is 0.148 e. The van der Waals surface area contributed by atoms with Crippen molar-refractivity contribution in [2.45, 2.75) is 13.8 Å². The highest BCUT2D eigenvalue weighted by Crippen LogP contribution is 2.22. The molecule has 0 saturated heterocycles. The normalized spacial score (nSPS) is 10.7. The molecular weight excluding hydrogens is 226 g/mol. The molecule has 2 N–H and O–H groups in total. The van der Waals surface area contributed by atoms with Gasteiger partial charge in [-0.1, -0.05) is 13.8 Å². The SMILES string of the molecule is COc1ccc(-c2cc(NCC(C)C)n[nH]2)cc1. The first-order chi connectivity index (χ1) is 8.69. The number of H-pyrrole nitrogens is 1. The molecule has 0 saturated carbocycles. The van der Waals surface area contributed by atoms with Crippen LogP contribution in [0.5, 0.6) is 5.75 Å². The number of hydrogen-bond donors (Lipinski definition) is 2. The third kappa shape index (κ3) is 3.03. The molecule has 96 valence electrons. The van der Waals surface area contributed by atoms with Crippen molar-refractivity contribution >= 4 is 5.82 Å². The molecule has 0 radical (unpaired) electrons. The predicted molar refractivity (Wildman–Crippen MR) is 73.9 cm³/mol. The molecule has 0 bridgehead atoms. The number of nitrogens with one attached hydrogen (secondary N) is 2. The fraction of sp³-hybridized carbons (Fsp3) is 0.357. The molecule has 0 amide bonds. The van der Waals surface area contributed by atoms with Gasteiger partial charge in [0.15, 0.2) is 0 Å². The Labute approximate surface area is 107 Å². The third-order valence-corrected chi connectivity index (χ3v) is 2.67. The number of methoxy groups -OCH3 is 1. The second kappa shape index (κ2) is 5.58. The lowest BCUT2D eigenvalue weighted by molar-refractivity contribution is 0.415. The smallest absolute Gasteiger partial charge is 0.148 e. The molecule has 0 atom stereocenters. The van der Waals surface area contributed by atoms with Gasteiger partial charge >= 0.3 is 0 Å². The predicted octanol–water partition coefficient (Wildman–Crippen LogP) is 3.15. The van der Waals surface area contributed by atoms with E-state index in [1.54, 1.807) is 7.11 Å². The van der Waals surface area contributed by atoms with Crippen LogP contribution in [0.1, 0.15) is 13.8 Å². The molecule has 0 unspecified atom stereocenters. The van der Waals surface area contributed by atoms with Gasteiger partial charge in [0.1, 0.15) is 11.6 Å². The van der Waals surface area contributed by atoms with Gasteiger partial charge in [0, 0.05) is 12.6 Å². The molecule has 0 fully saturated rings. The molecule has 1 aromatic heterocycles.